The van der Waals surface area contributed by atoms with Gasteiger partial charge in [-0.15, -0.1) is 0 Å². The Morgan fingerprint density at radius 1 is 0.950 bits per heavy atom. The minimum atomic E-state index is -4.81. The molecule has 2 rings (SSSR count). The summed E-state index contributed by atoms with van der Waals surface area (Å²) in [5.74, 6) is -11.7. The monoisotopic (exact) mass is 333 g/mol. The smallest absolute Gasteiger partial charge is 0.207 e. The zero-order valence-electron chi connectivity index (χ0n) is 9.71. The van der Waals surface area contributed by atoms with Crippen molar-refractivity contribution in [1.82, 2.24) is 4.31 Å². The lowest BCUT2D eigenvalue weighted by molar-refractivity contribution is 0.353. The number of thiol groups is 1. The Hall–Kier alpha value is -0.870. The van der Waals surface area contributed by atoms with Crippen molar-refractivity contribution in [2.75, 3.05) is 13.1 Å². The quantitative estimate of drug-likeness (QED) is 0.389. The first-order valence-electron chi connectivity index (χ1n) is 5.37. The summed E-state index contributed by atoms with van der Waals surface area (Å²) in [5, 5.41) is -0.356. The molecule has 0 aliphatic carbocycles. The van der Waals surface area contributed by atoms with Crippen LogP contribution in [-0.2, 0) is 10.0 Å². The highest BCUT2D eigenvalue weighted by molar-refractivity contribution is 7.89. The van der Waals surface area contributed by atoms with Crippen LogP contribution in [0.2, 0.25) is 0 Å². The lowest BCUT2D eigenvalue weighted by Crippen LogP contribution is -2.31. The van der Waals surface area contributed by atoms with Gasteiger partial charge in [0, 0.05) is 18.3 Å². The van der Waals surface area contributed by atoms with Crippen LogP contribution >= 0.6 is 12.6 Å². The number of benzene rings is 1. The first-order valence-corrected chi connectivity index (χ1v) is 7.33. The molecular formula is C10H8F5NO2S2. The largest absolute Gasteiger partial charge is 0.249 e. The average molecular weight is 333 g/mol. The molecule has 1 atom stereocenters. The summed E-state index contributed by atoms with van der Waals surface area (Å²) >= 11 is 4.00. The van der Waals surface area contributed by atoms with Crippen LogP contribution < -0.4 is 0 Å². The minimum absolute atomic E-state index is 0.101. The van der Waals surface area contributed by atoms with Gasteiger partial charge in [-0.3, -0.25) is 0 Å². The minimum Gasteiger partial charge on any atom is -0.207 e. The Morgan fingerprint density at radius 3 is 1.80 bits per heavy atom. The Morgan fingerprint density at radius 2 is 1.40 bits per heavy atom. The summed E-state index contributed by atoms with van der Waals surface area (Å²) in [5.41, 5.74) is 0. The fourth-order valence-electron chi connectivity index (χ4n) is 1.87. The lowest BCUT2D eigenvalue weighted by atomic mass is 10.3. The summed E-state index contributed by atoms with van der Waals surface area (Å²) in [7, 11) is -4.81. The maximum atomic E-state index is 13.5. The molecule has 112 valence electrons. The molecule has 10 heteroatoms. The van der Waals surface area contributed by atoms with Crippen LogP contribution in [0.1, 0.15) is 6.42 Å². The van der Waals surface area contributed by atoms with Crippen LogP contribution in [0, 0.1) is 29.1 Å². The molecule has 0 radical (unpaired) electrons. The summed E-state index contributed by atoms with van der Waals surface area (Å²) in [6, 6.07) is 0. The van der Waals surface area contributed by atoms with Crippen molar-refractivity contribution >= 4 is 22.7 Å². The van der Waals surface area contributed by atoms with Gasteiger partial charge in [0.1, 0.15) is 0 Å². The fourth-order valence-corrected chi connectivity index (χ4v) is 3.90. The normalized spacial score (nSPS) is 20.6. The molecule has 1 fully saturated rings. The highest BCUT2D eigenvalue weighted by atomic mass is 32.2. The van der Waals surface area contributed by atoms with E-state index in [4.69, 9.17) is 0 Å². The molecule has 1 aromatic rings. The summed E-state index contributed by atoms with van der Waals surface area (Å²) < 4.78 is 90.6. The molecule has 1 saturated heterocycles. The molecule has 1 heterocycles. The van der Waals surface area contributed by atoms with Crippen molar-refractivity contribution in [3.8, 4) is 0 Å². The van der Waals surface area contributed by atoms with Crippen molar-refractivity contribution in [2.24, 2.45) is 0 Å². The lowest BCUT2D eigenvalue weighted by Gasteiger charge is -2.17. The molecule has 1 aliphatic rings. The van der Waals surface area contributed by atoms with Gasteiger partial charge in [0.25, 0.3) is 0 Å². The molecule has 1 aromatic carbocycles. The predicted octanol–water partition coefficient (Wildman–Crippen LogP) is 2.07. The van der Waals surface area contributed by atoms with Gasteiger partial charge in [0.05, 0.1) is 0 Å². The third-order valence-corrected chi connectivity index (χ3v) is 5.20. The fraction of sp³-hybridized carbons (Fsp3) is 0.400. The highest BCUT2D eigenvalue weighted by Crippen LogP contribution is 2.31. The Labute approximate surface area is 116 Å². The van der Waals surface area contributed by atoms with Gasteiger partial charge < -0.3 is 0 Å². The Bertz CT molecular complexity index is 635. The summed E-state index contributed by atoms with van der Waals surface area (Å²) in [4.78, 5) is -1.82. The number of hydrogen-bond acceptors (Lipinski definition) is 3. The predicted molar refractivity (Wildman–Crippen MR) is 62.4 cm³/mol. The first-order chi connectivity index (χ1) is 9.17. The molecule has 0 N–H and O–H groups in total. The van der Waals surface area contributed by atoms with E-state index in [9.17, 15) is 30.4 Å². The van der Waals surface area contributed by atoms with E-state index >= 15 is 0 Å². The van der Waals surface area contributed by atoms with Gasteiger partial charge in [-0.1, -0.05) is 0 Å². The third kappa shape index (κ3) is 2.29. The second-order valence-corrected chi connectivity index (χ2v) is 6.81. The topological polar surface area (TPSA) is 37.4 Å². The molecule has 0 spiro atoms. The van der Waals surface area contributed by atoms with Crippen molar-refractivity contribution in [1.29, 1.82) is 0 Å². The van der Waals surface area contributed by atoms with Crippen molar-refractivity contribution < 1.29 is 30.4 Å². The van der Waals surface area contributed by atoms with E-state index in [2.05, 4.69) is 12.6 Å². The summed E-state index contributed by atoms with van der Waals surface area (Å²) in [6.45, 7) is -0.263. The van der Waals surface area contributed by atoms with E-state index in [1.165, 1.54) is 0 Å². The second-order valence-electron chi connectivity index (χ2n) is 4.20. The van der Waals surface area contributed by atoms with E-state index in [1.807, 2.05) is 0 Å². The zero-order chi connectivity index (χ0) is 15.2. The zero-order valence-corrected chi connectivity index (χ0v) is 11.4. The van der Waals surface area contributed by atoms with Gasteiger partial charge in [0.2, 0.25) is 15.8 Å². The van der Waals surface area contributed by atoms with E-state index in [0.717, 1.165) is 0 Å². The van der Waals surface area contributed by atoms with E-state index in [0.29, 0.717) is 10.7 Å². The van der Waals surface area contributed by atoms with Crippen molar-refractivity contribution in [3.63, 3.8) is 0 Å². The van der Waals surface area contributed by atoms with Gasteiger partial charge in [-0.25, -0.2) is 30.4 Å². The number of sulfonamides is 1. The number of halogens is 5. The third-order valence-electron chi connectivity index (χ3n) is 2.89. The van der Waals surface area contributed by atoms with Gasteiger partial charge in [-0.2, -0.15) is 16.9 Å². The summed E-state index contributed by atoms with van der Waals surface area (Å²) in [6.07, 6.45) is 0.317. The molecular weight excluding hydrogens is 325 g/mol. The Kier molecular flexibility index (Phi) is 4.00. The molecule has 0 unspecified atom stereocenters. The van der Waals surface area contributed by atoms with Crippen LogP contribution in [0.15, 0.2) is 4.90 Å². The number of hydrogen-bond donors (Lipinski definition) is 1. The van der Waals surface area contributed by atoms with Crippen molar-refractivity contribution in [3.05, 3.63) is 29.1 Å². The molecule has 0 aromatic heterocycles. The van der Waals surface area contributed by atoms with Crippen LogP contribution in [-0.4, -0.2) is 31.1 Å². The Balaban J connectivity index is 2.64. The maximum absolute atomic E-state index is 13.5. The van der Waals surface area contributed by atoms with Crippen LogP contribution in [0.5, 0.6) is 0 Å². The van der Waals surface area contributed by atoms with E-state index in [1.54, 1.807) is 0 Å². The van der Waals surface area contributed by atoms with Crippen molar-refractivity contribution in [2.45, 2.75) is 16.6 Å². The van der Waals surface area contributed by atoms with Gasteiger partial charge >= 0.3 is 0 Å². The molecule has 0 saturated carbocycles. The first kappa shape index (κ1) is 15.5. The average Bonchev–Trinajstić information content (AvgIpc) is 2.81. The highest BCUT2D eigenvalue weighted by Gasteiger charge is 2.39. The van der Waals surface area contributed by atoms with Crippen LogP contribution in [0.25, 0.3) is 0 Å². The SMILES string of the molecule is O=S(=O)(c1c(F)c(F)c(F)c(F)c1F)N1CC[C@@H](S)C1. The molecule has 20 heavy (non-hydrogen) atoms. The number of nitrogens with zero attached hydrogens (tertiary/aromatic N) is 1. The number of rotatable bonds is 2. The second kappa shape index (κ2) is 5.15. The standard InChI is InChI=1S/C10H8F5NO2S2/c11-5-6(12)8(14)10(9(15)7(5)13)20(17,18)16-2-1-4(19)3-16/h4,19H,1-3H2/t4-/m1/s1. The van der Waals surface area contributed by atoms with Gasteiger partial charge in [-0.05, 0) is 6.42 Å². The molecule has 0 amide bonds. The van der Waals surface area contributed by atoms with E-state index in [-0.39, 0.29) is 18.3 Å². The van der Waals surface area contributed by atoms with E-state index < -0.39 is 44.0 Å². The van der Waals surface area contributed by atoms with Gasteiger partial charge in [0.15, 0.2) is 28.2 Å². The molecule has 0 bridgehead atoms. The molecule has 1 aliphatic heterocycles. The van der Waals surface area contributed by atoms with Crippen LogP contribution in [0.4, 0.5) is 22.0 Å². The van der Waals surface area contributed by atoms with Crippen LogP contribution in [0.3, 0.4) is 0 Å². The molecule has 3 nitrogen and oxygen atoms in total. The maximum Gasteiger partial charge on any atom is 0.249 e.